The Hall–Kier alpha value is -1.08. The van der Waals surface area contributed by atoms with Crippen molar-refractivity contribution >= 4 is 21.9 Å². The molecule has 1 rings (SSSR count). The number of hydrogen-bond donors (Lipinski definition) is 2. The standard InChI is InChI=1S/C11H11BrF3NO2/c12-8-3-1-2-7(4-8)5-16-6-9(10(17)18)11(13,14)15/h1-4,9,16H,5-6H2,(H,17,18). The molecule has 1 aromatic rings. The zero-order chi connectivity index (χ0) is 13.8. The molecule has 2 N–H and O–H groups in total. The largest absolute Gasteiger partial charge is 0.481 e. The van der Waals surface area contributed by atoms with Gasteiger partial charge in [-0.2, -0.15) is 13.2 Å². The number of alkyl halides is 3. The van der Waals surface area contributed by atoms with Gasteiger partial charge in [-0.25, -0.2) is 0 Å². The summed E-state index contributed by atoms with van der Waals surface area (Å²) >= 11 is 3.24. The van der Waals surface area contributed by atoms with Gasteiger partial charge in [0.05, 0.1) is 0 Å². The first kappa shape index (κ1) is 15.0. The molecule has 1 aromatic carbocycles. The van der Waals surface area contributed by atoms with Crippen LogP contribution in [0.3, 0.4) is 0 Å². The normalized spacial score (nSPS) is 13.3. The smallest absolute Gasteiger partial charge is 0.403 e. The Morgan fingerprint density at radius 1 is 1.44 bits per heavy atom. The van der Waals surface area contributed by atoms with Gasteiger partial charge < -0.3 is 10.4 Å². The molecule has 0 saturated carbocycles. The van der Waals surface area contributed by atoms with Crippen molar-refractivity contribution in [1.82, 2.24) is 5.32 Å². The van der Waals surface area contributed by atoms with Crippen LogP contribution >= 0.6 is 15.9 Å². The van der Waals surface area contributed by atoms with Crippen LogP contribution in [0.15, 0.2) is 28.7 Å². The molecule has 0 spiro atoms. The Morgan fingerprint density at radius 2 is 2.11 bits per heavy atom. The highest BCUT2D eigenvalue weighted by atomic mass is 79.9. The van der Waals surface area contributed by atoms with Crippen LogP contribution in [0.1, 0.15) is 5.56 Å². The van der Waals surface area contributed by atoms with Gasteiger partial charge in [0.25, 0.3) is 0 Å². The monoisotopic (exact) mass is 325 g/mol. The lowest BCUT2D eigenvalue weighted by atomic mass is 10.1. The molecule has 0 aliphatic heterocycles. The van der Waals surface area contributed by atoms with Crippen molar-refractivity contribution in [2.24, 2.45) is 5.92 Å². The molecule has 0 amide bonds. The van der Waals surface area contributed by atoms with E-state index in [9.17, 15) is 18.0 Å². The van der Waals surface area contributed by atoms with E-state index in [1.54, 1.807) is 24.3 Å². The van der Waals surface area contributed by atoms with Gasteiger partial charge >= 0.3 is 12.1 Å². The first-order valence-corrected chi connectivity index (χ1v) is 5.84. The van der Waals surface area contributed by atoms with Crippen molar-refractivity contribution in [3.8, 4) is 0 Å². The van der Waals surface area contributed by atoms with Gasteiger partial charge in [-0.3, -0.25) is 4.79 Å². The lowest BCUT2D eigenvalue weighted by Crippen LogP contribution is -2.38. The fourth-order valence-electron chi connectivity index (χ4n) is 1.35. The second kappa shape index (κ2) is 6.19. The van der Waals surface area contributed by atoms with Crippen LogP contribution < -0.4 is 5.32 Å². The van der Waals surface area contributed by atoms with Crippen LogP contribution in [0.5, 0.6) is 0 Å². The lowest BCUT2D eigenvalue weighted by molar-refractivity contribution is -0.192. The van der Waals surface area contributed by atoms with Gasteiger partial charge in [0, 0.05) is 17.6 Å². The van der Waals surface area contributed by atoms with Crippen molar-refractivity contribution in [1.29, 1.82) is 0 Å². The predicted octanol–water partition coefficient (Wildman–Crippen LogP) is 2.80. The zero-order valence-corrected chi connectivity index (χ0v) is 10.8. The van der Waals surface area contributed by atoms with Gasteiger partial charge in [0.1, 0.15) is 0 Å². The summed E-state index contributed by atoms with van der Waals surface area (Å²) in [7, 11) is 0. The van der Waals surface area contributed by atoms with Crippen LogP contribution in [-0.4, -0.2) is 23.8 Å². The maximum atomic E-state index is 12.3. The first-order valence-electron chi connectivity index (χ1n) is 5.05. The molecule has 1 atom stereocenters. The Bertz CT molecular complexity index is 423. The first-order chi connectivity index (χ1) is 8.30. The van der Waals surface area contributed by atoms with Crippen LogP contribution in [0.4, 0.5) is 13.2 Å². The number of carboxylic acid groups (broad SMARTS) is 1. The van der Waals surface area contributed by atoms with E-state index < -0.39 is 24.6 Å². The van der Waals surface area contributed by atoms with Crippen molar-refractivity contribution in [2.45, 2.75) is 12.7 Å². The fourth-order valence-corrected chi connectivity index (χ4v) is 1.80. The minimum Gasteiger partial charge on any atom is -0.481 e. The molecule has 18 heavy (non-hydrogen) atoms. The number of halogens is 4. The van der Waals surface area contributed by atoms with Crippen molar-refractivity contribution in [3.63, 3.8) is 0 Å². The maximum Gasteiger partial charge on any atom is 0.403 e. The molecule has 0 bridgehead atoms. The van der Waals surface area contributed by atoms with Crippen LogP contribution in [0.25, 0.3) is 0 Å². The van der Waals surface area contributed by atoms with E-state index in [1.165, 1.54) is 0 Å². The maximum absolute atomic E-state index is 12.3. The number of carbonyl (C=O) groups is 1. The SMILES string of the molecule is O=C(O)C(CNCc1cccc(Br)c1)C(F)(F)F. The Morgan fingerprint density at radius 3 is 2.61 bits per heavy atom. The topological polar surface area (TPSA) is 49.3 Å². The van der Waals surface area contributed by atoms with Crippen molar-refractivity contribution in [2.75, 3.05) is 6.54 Å². The van der Waals surface area contributed by atoms with Gasteiger partial charge in [-0.05, 0) is 17.7 Å². The number of carboxylic acids is 1. The number of benzene rings is 1. The van der Waals surface area contributed by atoms with E-state index in [0.717, 1.165) is 10.0 Å². The second-order valence-corrected chi connectivity index (χ2v) is 4.61. The Kier molecular flexibility index (Phi) is 5.15. The van der Waals surface area contributed by atoms with Crippen LogP contribution in [0, 0.1) is 5.92 Å². The molecule has 0 aromatic heterocycles. The van der Waals surface area contributed by atoms with Crippen molar-refractivity contribution in [3.05, 3.63) is 34.3 Å². The summed E-state index contributed by atoms with van der Waals surface area (Å²) in [5.74, 6) is -4.26. The summed E-state index contributed by atoms with van der Waals surface area (Å²) in [6, 6.07) is 7.02. The quantitative estimate of drug-likeness (QED) is 0.875. The van der Waals surface area contributed by atoms with Crippen LogP contribution in [-0.2, 0) is 11.3 Å². The second-order valence-electron chi connectivity index (χ2n) is 3.69. The highest BCUT2D eigenvalue weighted by molar-refractivity contribution is 9.10. The Balaban J connectivity index is 2.52. The molecule has 0 saturated heterocycles. The van der Waals surface area contributed by atoms with Gasteiger partial charge in [-0.1, -0.05) is 28.1 Å². The predicted molar refractivity (Wildman–Crippen MR) is 63.0 cm³/mol. The number of rotatable bonds is 5. The van der Waals surface area contributed by atoms with E-state index >= 15 is 0 Å². The summed E-state index contributed by atoms with van der Waals surface area (Å²) in [5, 5.41) is 11.0. The van der Waals surface area contributed by atoms with Crippen LogP contribution in [0.2, 0.25) is 0 Å². The number of hydrogen-bond acceptors (Lipinski definition) is 2. The van der Waals surface area contributed by atoms with Gasteiger partial charge in [-0.15, -0.1) is 0 Å². The van der Waals surface area contributed by atoms with Gasteiger partial charge in [0.15, 0.2) is 5.92 Å². The average Bonchev–Trinajstić information content (AvgIpc) is 2.22. The molecule has 0 aliphatic rings. The summed E-state index contributed by atoms with van der Waals surface area (Å²) in [5.41, 5.74) is 0.774. The zero-order valence-electron chi connectivity index (χ0n) is 9.17. The summed E-state index contributed by atoms with van der Waals surface area (Å²) in [6.07, 6.45) is -4.74. The molecular formula is C11H11BrF3NO2. The molecular weight excluding hydrogens is 315 g/mol. The summed E-state index contributed by atoms with van der Waals surface area (Å²) in [6.45, 7) is -0.468. The molecule has 1 unspecified atom stereocenters. The minimum atomic E-state index is -4.74. The van der Waals surface area contributed by atoms with E-state index in [4.69, 9.17) is 5.11 Å². The average molecular weight is 326 g/mol. The summed E-state index contributed by atoms with van der Waals surface area (Å²) in [4.78, 5) is 10.5. The highest BCUT2D eigenvalue weighted by Crippen LogP contribution is 2.25. The van der Waals surface area contributed by atoms with E-state index in [1.807, 2.05) is 0 Å². The number of nitrogens with one attached hydrogen (secondary N) is 1. The molecule has 0 heterocycles. The lowest BCUT2D eigenvalue weighted by Gasteiger charge is -2.16. The van der Waals surface area contributed by atoms with Gasteiger partial charge in [0.2, 0.25) is 0 Å². The number of aliphatic carboxylic acids is 1. The van der Waals surface area contributed by atoms with E-state index in [-0.39, 0.29) is 6.54 Å². The van der Waals surface area contributed by atoms with E-state index in [0.29, 0.717) is 0 Å². The summed E-state index contributed by atoms with van der Waals surface area (Å²) < 4.78 is 37.8. The van der Waals surface area contributed by atoms with Crippen molar-refractivity contribution < 1.29 is 23.1 Å². The third-order valence-corrected chi connectivity index (χ3v) is 2.75. The van der Waals surface area contributed by atoms with E-state index in [2.05, 4.69) is 21.2 Å². The molecule has 0 aliphatic carbocycles. The third kappa shape index (κ3) is 4.66. The molecule has 3 nitrogen and oxygen atoms in total. The third-order valence-electron chi connectivity index (χ3n) is 2.26. The minimum absolute atomic E-state index is 0.180. The molecule has 7 heteroatoms. The highest BCUT2D eigenvalue weighted by Gasteiger charge is 2.44. The Labute approximate surface area is 110 Å². The molecule has 0 radical (unpaired) electrons. The fraction of sp³-hybridized carbons (Fsp3) is 0.364. The molecule has 100 valence electrons. The molecule has 0 fully saturated rings.